The van der Waals surface area contributed by atoms with Crippen molar-refractivity contribution in [2.45, 2.75) is 0 Å². The lowest BCUT2D eigenvalue weighted by Crippen LogP contribution is -2.12. The molecule has 21 aromatic rings. The Kier molecular flexibility index (Phi) is 21.3. The van der Waals surface area contributed by atoms with Crippen molar-refractivity contribution in [1.82, 2.24) is 0 Å². The van der Waals surface area contributed by atoms with E-state index in [2.05, 4.69) is 527 Å². The maximum absolute atomic E-state index is 2.35. The van der Waals surface area contributed by atoms with Crippen LogP contribution >= 0.6 is 22.7 Å². The molecule has 122 heavy (non-hydrogen) atoms. The molecule has 2 aromatic heterocycles. The van der Waals surface area contributed by atoms with E-state index in [1.54, 1.807) is 0 Å². The van der Waals surface area contributed by atoms with Crippen molar-refractivity contribution in [1.29, 1.82) is 0 Å². The van der Waals surface area contributed by atoms with Gasteiger partial charge in [0.05, 0.1) is 0 Å². The molecule has 0 fully saturated rings. The van der Waals surface area contributed by atoms with Crippen LogP contribution in [0.2, 0.25) is 0 Å². The summed E-state index contributed by atoms with van der Waals surface area (Å²) in [7, 11) is 0. The van der Waals surface area contributed by atoms with Crippen LogP contribution < -0.4 is 29.4 Å². The molecule has 0 atom stereocenters. The van der Waals surface area contributed by atoms with Crippen LogP contribution in [0.5, 0.6) is 0 Å². The maximum atomic E-state index is 2.35. The van der Waals surface area contributed by atoms with E-state index in [9.17, 15) is 0 Å². The molecule has 0 saturated carbocycles. The van der Waals surface area contributed by atoms with E-state index in [0.717, 1.165) is 125 Å². The minimum Gasteiger partial charge on any atom is -0.311 e. The molecular weight excluding hydrogens is 1520 g/mol. The first kappa shape index (κ1) is 75.2. The maximum Gasteiger partial charge on any atom is 0.0476 e. The Morgan fingerprint density at radius 3 is 0.443 bits per heavy atom. The summed E-state index contributed by atoms with van der Waals surface area (Å²) in [5.74, 6) is 0. The Balaban J connectivity index is 0.000000162. The molecule has 0 unspecified atom stereocenters. The molecule has 21 rings (SSSR count). The molecule has 0 aliphatic rings. The smallest absolute Gasteiger partial charge is 0.0476 e. The van der Waals surface area contributed by atoms with E-state index < -0.39 is 0 Å². The van der Waals surface area contributed by atoms with Crippen molar-refractivity contribution in [2.24, 2.45) is 0 Å². The van der Waals surface area contributed by atoms with E-state index in [1.807, 2.05) is 22.7 Å². The van der Waals surface area contributed by atoms with Crippen LogP contribution in [0.25, 0.3) is 73.7 Å². The fourth-order valence-electron chi connectivity index (χ4n) is 16.6. The molecule has 0 bridgehead atoms. The lowest BCUT2D eigenvalue weighted by Gasteiger charge is -2.28. The van der Waals surface area contributed by atoms with E-state index >= 15 is 0 Å². The number of thiophene rings is 2. The number of hydrogen-bond donors (Lipinski definition) is 0. The number of benzene rings is 19. The molecule has 2 heterocycles. The molecule has 0 N–H and O–H groups in total. The molecule has 0 spiro atoms. The number of anilines is 18. The second-order valence-corrected chi connectivity index (χ2v) is 32.2. The summed E-state index contributed by atoms with van der Waals surface area (Å²) in [5.41, 5.74) is 27.0. The Morgan fingerprint density at radius 1 is 0.107 bits per heavy atom. The Labute approximate surface area is 720 Å². The SMILES string of the molecule is c1ccc(N(c2ccc(-c3ccc(N(c4ccccc4)c4ccc5c(c4)sc4ccccc45)cc3)cc2)c2ccc3c(c2)sc2ccccc23)cc1.c1ccc(N(c2ccccc2)c2ccc(-c3ccc(N(c4ccccc4)c4ccc(-c5ccc(N(c6ccccc6)c6ccc(N(c7ccccc7)c7ccccc7)cc6)cc5)cc4)cc3)cc2)cc1. The predicted molar refractivity (Wildman–Crippen MR) is 523 cm³/mol. The molecule has 8 heteroatoms. The van der Waals surface area contributed by atoms with Crippen LogP contribution in [0, 0.1) is 0 Å². The van der Waals surface area contributed by atoms with Crippen LogP contribution in [0.1, 0.15) is 0 Å². The molecule has 0 aliphatic heterocycles. The van der Waals surface area contributed by atoms with E-state index in [1.165, 1.54) is 51.5 Å². The van der Waals surface area contributed by atoms with Gasteiger partial charge in [-0.3, -0.25) is 0 Å². The Hall–Kier alpha value is -15.6. The van der Waals surface area contributed by atoms with Crippen LogP contribution in [0.3, 0.4) is 0 Å². The van der Waals surface area contributed by atoms with E-state index in [0.29, 0.717) is 0 Å². The summed E-state index contributed by atoms with van der Waals surface area (Å²) < 4.78 is 5.23. The molecule has 0 amide bonds. The van der Waals surface area contributed by atoms with Gasteiger partial charge >= 0.3 is 0 Å². The van der Waals surface area contributed by atoms with E-state index in [-0.39, 0.29) is 0 Å². The summed E-state index contributed by atoms with van der Waals surface area (Å²) in [5, 5.41) is 5.25. The first-order valence-electron chi connectivity index (χ1n) is 41.3. The minimum atomic E-state index is 1.08. The summed E-state index contributed by atoms with van der Waals surface area (Å²) in [6.07, 6.45) is 0. The fourth-order valence-corrected chi connectivity index (χ4v) is 18.9. The highest BCUT2D eigenvalue weighted by molar-refractivity contribution is 7.26. The summed E-state index contributed by atoms with van der Waals surface area (Å²) >= 11 is 3.71. The van der Waals surface area contributed by atoms with Gasteiger partial charge in [-0.25, -0.2) is 0 Å². The number of para-hydroxylation sites is 8. The van der Waals surface area contributed by atoms with Gasteiger partial charge in [-0.15, -0.1) is 22.7 Å². The summed E-state index contributed by atoms with van der Waals surface area (Å²) in [6.45, 7) is 0. The third kappa shape index (κ3) is 15.7. The van der Waals surface area contributed by atoms with Gasteiger partial charge in [-0.1, -0.05) is 267 Å². The van der Waals surface area contributed by atoms with Crippen molar-refractivity contribution < 1.29 is 0 Å². The zero-order chi connectivity index (χ0) is 81.3. The second kappa shape index (κ2) is 34.5. The van der Waals surface area contributed by atoms with Crippen molar-refractivity contribution in [3.8, 4) is 33.4 Å². The van der Waals surface area contributed by atoms with Crippen molar-refractivity contribution in [2.75, 3.05) is 29.4 Å². The quantitative estimate of drug-likeness (QED) is 0.0709. The van der Waals surface area contributed by atoms with Crippen LogP contribution in [-0.4, -0.2) is 0 Å². The van der Waals surface area contributed by atoms with Gasteiger partial charge in [0.2, 0.25) is 0 Å². The number of nitrogens with zero attached hydrogens (tertiary/aromatic N) is 6. The second-order valence-electron chi connectivity index (χ2n) is 30.1. The third-order valence-corrected chi connectivity index (χ3v) is 24.7. The monoisotopic (exact) mass is 1600 g/mol. The largest absolute Gasteiger partial charge is 0.311 e. The predicted octanol–water partition coefficient (Wildman–Crippen LogP) is 33.9. The van der Waals surface area contributed by atoms with Gasteiger partial charge in [0.25, 0.3) is 0 Å². The van der Waals surface area contributed by atoms with Crippen LogP contribution in [0.4, 0.5) is 102 Å². The number of fused-ring (bicyclic) bond motifs is 6. The molecule has 0 aliphatic carbocycles. The van der Waals surface area contributed by atoms with Gasteiger partial charge in [-0.2, -0.15) is 0 Å². The van der Waals surface area contributed by atoms with Gasteiger partial charge in [-0.05, 0) is 264 Å². The van der Waals surface area contributed by atoms with Crippen LogP contribution in [0.15, 0.2) is 497 Å². The van der Waals surface area contributed by atoms with Gasteiger partial charge < -0.3 is 29.4 Å². The average molecular weight is 1600 g/mol. The topological polar surface area (TPSA) is 19.4 Å². The molecular formula is C114H82N6S2. The van der Waals surface area contributed by atoms with Gasteiger partial charge in [0, 0.05) is 143 Å². The fraction of sp³-hybridized carbons (Fsp3) is 0. The molecule has 19 aromatic carbocycles. The minimum absolute atomic E-state index is 1.08. The van der Waals surface area contributed by atoms with Crippen molar-refractivity contribution in [3.05, 3.63) is 497 Å². The molecule has 0 saturated heterocycles. The molecule has 580 valence electrons. The Morgan fingerprint density at radius 2 is 0.246 bits per heavy atom. The summed E-state index contributed by atoms with van der Waals surface area (Å²) in [4.78, 5) is 13.9. The highest BCUT2D eigenvalue weighted by atomic mass is 32.1. The van der Waals surface area contributed by atoms with Crippen molar-refractivity contribution >= 4 is 165 Å². The Bertz CT molecular complexity index is 6770. The first-order valence-corrected chi connectivity index (χ1v) is 42.9. The molecule has 0 radical (unpaired) electrons. The third-order valence-electron chi connectivity index (χ3n) is 22.5. The molecule has 6 nitrogen and oxygen atoms in total. The highest BCUT2D eigenvalue weighted by Crippen LogP contribution is 2.47. The van der Waals surface area contributed by atoms with Gasteiger partial charge in [0.1, 0.15) is 0 Å². The number of hydrogen-bond acceptors (Lipinski definition) is 8. The van der Waals surface area contributed by atoms with Gasteiger partial charge in [0.15, 0.2) is 0 Å². The first-order chi connectivity index (χ1) is 60.5. The van der Waals surface area contributed by atoms with Crippen molar-refractivity contribution in [3.63, 3.8) is 0 Å². The van der Waals surface area contributed by atoms with E-state index in [4.69, 9.17) is 0 Å². The average Bonchev–Trinajstić information content (AvgIpc) is 1.58. The number of rotatable bonds is 21. The normalized spacial score (nSPS) is 11.1. The lowest BCUT2D eigenvalue weighted by atomic mass is 10.0. The standard InChI is InChI=1S/C66H50N4.C48H32N2S2/c1-7-19-55(20-8-1)67(56-21-9-2-10-22-56)61-39-31-51(32-40-61)52-33-41-62(42-34-52)69(59-27-15-5-16-28-59)63-43-35-53(36-44-63)54-37-45-64(46-38-54)70(60-29-17-6-18-30-60)66-49-47-65(48-50-66)68(57-23-11-3-12-24-57)58-25-13-4-14-26-58;1-3-11-35(12-4-1)49(39-27-29-43-41-15-7-9-17-45(41)51-47(43)31-39)37-23-19-33(20-24-37)34-21-25-38(26-22-34)50(36-13-5-2-6-14-36)40-28-30-44-42-16-8-10-18-46(42)52-48(44)32-40/h1-50H;1-32H. The zero-order valence-electron chi connectivity index (χ0n) is 66.8. The van der Waals surface area contributed by atoms with Crippen LogP contribution in [-0.2, 0) is 0 Å². The summed E-state index contributed by atoms with van der Waals surface area (Å²) in [6, 6.07) is 178. The zero-order valence-corrected chi connectivity index (χ0v) is 68.5. The lowest BCUT2D eigenvalue weighted by molar-refractivity contribution is 1.26. The highest BCUT2D eigenvalue weighted by Gasteiger charge is 2.22.